The van der Waals surface area contributed by atoms with Crippen LogP contribution in [0.5, 0.6) is 0 Å². The van der Waals surface area contributed by atoms with Gasteiger partial charge in [0.1, 0.15) is 0 Å². The molecular weight excluding hydrogens is 262 g/mol. The van der Waals surface area contributed by atoms with Crippen LogP contribution in [0, 0.1) is 12.8 Å². The second-order valence-electron chi connectivity index (χ2n) is 6.17. The van der Waals surface area contributed by atoms with E-state index in [1.165, 1.54) is 18.4 Å². The molecule has 0 bridgehead atoms. The molecule has 1 aromatic heterocycles. The summed E-state index contributed by atoms with van der Waals surface area (Å²) in [5.74, 6) is 2.46. The number of aromatic nitrogens is 3. The molecule has 2 aliphatic heterocycles. The highest BCUT2D eigenvalue weighted by Gasteiger charge is 2.36. The minimum atomic E-state index is 0.555. The van der Waals surface area contributed by atoms with Crippen LogP contribution < -0.4 is 10.2 Å². The van der Waals surface area contributed by atoms with E-state index in [4.69, 9.17) is 4.98 Å². The average molecular weight is 283 g/mol. The van der Waals surface area contributed by atoms with Gasteiger partial charge in [-0.3, -0.25) is 5.10 Å². The fourth-order valence-corrected chi connectivity index (χ4v) is 3.62. The Bertz CT molecular complexity index is 635. The van der Waals surface area contributed by atoms with Crippen molar-refractivity contribution in [2.24, 2.45) is 5.92 Å². The van der Waals surface area contributed by atoms with Crippen molar-refractivity contribution in [1.29, 1.82) is 0 Å². The SMILES string of the molecule is Cc1cccc(-c2nc(N3CCCC4CNCC43)n[nH]2)c1. The number of benzene rings is 1. The molecule has 0 amide bonds. The first kappa shape index (κ1) is 12.8. The van der Waals surface area contributed by atoms with E-state index in [1.807, 2.05) is 0 Å². The molecule has 2 fully saturated rings. The number of hydrogen-bond acceptors (Lipinski definition) is 4. The fraction of sp³-hybridized carbons (Fsp3) is 0.500. The minimum Gasteiger partial charge on any atom is -0.335 e. The molecule has 0 spiro atoms. The summed E-state index contributed by atoms with van der Waals surface area (Å²) in [7, 11) is 0. The van der Waals surface area contributed by atoms with Gasteiger partial charge in [0.25, 0.3) is 0 Å². The monoisotopic (exact) mass is 283 g/mol. The summed E-state index contributed by atoms with van der Waals surface area (Å²) >= 11 is 0. The molecule has 110 valence electrons. The van der Waals surface area contributed by atoms with E-state index in [-0.39, 0.29) is 0 Å². The van der Waals surface area contributed by atoms with Crippen LogP contribution in [0.1, 0.15) is 18.4 Å². The van der Waals surface area contributed by atoms with Crippen LogP contribution in [0.4, 0.5) is 5.95 Å². The second-order valence-corrected chi connectivity index (χ2v) is 6.17. The van der Waals surface area contributed by atoms with Crippen molar-refractivity contribution < 1.29 is 0 Å². The van der Waals surface area contributed by atoms with Crippen LogP contribution in [-0.4, -0.2) is 40.9 Å². The van der Waals surface area contributed by atoms with Crippen LogP contribution in [0.15, 0.2) is 24.3 Å². The summed E-state index contributed by atoms with van der Waals surface area (Å²) in [6.45, 7) is 5.35. The van der Waals surface area contributed by atoms with Gasteiger partial charge in [0.05, 0.1) is 0 Å². The van der Waals surface area contributed by atoms with Crippen LogP contribution >= 0.6 is 0 Å². The largest absolute Gasteiger partial charge is 0.335 e. The molecule has 21 heavy (non-hydrogen) atoms. The van der Waals surface area contributed by atoms with E-state index in [0.717, 1.165) is 42.9 Å². The molecule has 0 saturated carbocycles. The number of rotatable bonds is 2. The Hall–Kier alpha value is -1.88. The zero-order chi connectivity index (χ0) is 14.2. The van der Waals surface area contributed by atoms with E-state index in [9.17, 15) is 0 Å². The van der Waals surface area contributed by atoms with Crippen LogP contribution in [-0.2, 0) is 0 Å². The lowest BCUT2D eigenvalue weighted by molar-refractivity contribution is 0.381. The standard InChI is InChI=1S/C16H21N5/c1-11-4-2-5-12(8-11)15-18-16(20-19-15)21-7-3-6-13-9-17-10-14(13)21/h2,4-5,8,13-14,17H,3,6-7,9-10H2,1H3,(H,18,19,20). The van der Waals surface area contributed by atoms with Crippen LogP contribution in [0.25, 0.3) is 11.4 Å². The summed E-state index contributed by atoms with van der Waals surface area (Å²) in [5, 5.41) is 11.1. The first-order valence-electron chi connectivity index (χ1n) is 7.78. The minimum absolute atomic E-state index is 0.555. The molecule has 5 nitrogen and oxygen atoms in total. The van der Waals surface area contributed by atoms with E-state index in [2.05, 4.69) is 51.6 Å². The Morgan fingerprint density at radius 1 is 1.29 bits per heavy atom. The van der Waals surface area contributed by atoms with Crippen molar-refractivity contribution in [3.05, 3.63) is 29.8 Å². The molecule has 0 aliphatic carbocycles. The zero-order valence-corrected chi connectivity index (χ0v) is 12.3. The predicted octanol–water partition coefficient (Wildman–Crippen LogP) is 1.97. The van der Waals surface area contributed by atoms with Gasteiger partial charge in [-0.05, 0) is 31.7 Å². The van der Waals surface area contributed by atoms with Crippen molar-refractivity contribution in [2.75, 3.05) is 24.5 Å². The number of aromatic amines is 1. The van der Waals surface area contributed by atoms with Gasteiger partial charge < -0.3 is 10.2 Å². The smallest absolute Gasteiger partial charge is 0.245 e. The number of aryl methyl sites for hydroxylation is 1. The maximum atomic E-state index is 4.74. The number of fused-ring (bicyclic) bond motifs is 1. The third kappa shape index (κ3) is 2.31. The van der Waals surface area contributed by atoms with Crippen molar-refractivity contribution in [1.82, 2.24) is 20.5 Å². The van der Waals surface area contributed by atoms with Crippen molar-refractivity contribution >= 4 is 5.95 Å². The van der Waals surface area contributed by atoms with E-state index in [1.54, 1.807) is 0 Å². The lowest BCUT2D eigenvalue weighted by Gasteiger charge is -2.36. The van der Waals surface area contributed by atoms with Gasteiger partial charge in [-0.2, -0.15) is 4.98 Å². The number of hydrogen-bond donors (Lipinski definition) is 2. The van der Waals surface area contributed by atoms with E-state index < -0.39 is 0 Å². The van der Waals surface area contributed by atoms with Gasteiger partial charge in [0, 0.05) is 31.2 Å². The molecule has 4 rings (SSSR count). The normalized spacial score (nSPS) is 25.1. The summed E-state index contributed by atoms with van der Waals surface area (Å²) in [5.41, 5.74) is 2.34. The third-order valence-electron chi connectivity index (χ3n) is 4.70. The number of nitrogens with zero attached hydrogens (tertiary/aromatic N) is 3. The second kappa shape index (κ2) is 5.15. The van der Waals surface area contributed by atoms with Crippen LogP contribution in [0.3, 0.4) is 0 Å². The van der Waals surface area contributed by atoms with Gasteiger partial charge in [-0.25, -0.2) is 0 Å². The lowest BCUT2D eigenvalue weighted by atomic mass is 9.92. The number of piperidine rings is 1. The summed E-state index contributed by atoms with van der Waals surface area (Å²) < 4.78 is 0. The van der Waals surface area contributed by atoms with Crippen LogP contribution in [0.2, 0.25) is 0 Å². The summed E-state index contributed by atoms with van der Waals surface area (Å²) in [4.78, 5) is 7.12. The third-order valence-corrected chi connectivity index (χ3v) is 4.70. The van der Waals surface area contributed by atoms with E-state index in [0.29, 0.717) is 6.04 Å². The van der Waals surface area contributed by atoms with Crippen molar-refractivity contribution in [3.8, 4) is 11.4 Å². The summed E-state index contributed by atoms with van der Waals surface area (Å²) in [6.07, 6.45) is 2.56. The Morgan fingerprint density at radius 3 is 3.14 bits per heavy atom. The lowest BCUT2D eigenvalue weighted by Crippen LogP contribution is -2.45. The van der Waals surface area contributed by atoms with Gasteiger partial charge in [0.2, 0.25) is 5.95 Å². The molecule has 2 unspecified atom stereocenters. The highest BCUT2D eigenvalue weighted by Crippen LogP contribution is 2.29. The predicted molar refractivity (Wildman–Crippen MR) is 83.3 cm³/mol. The molecule has 2 N–H and O–H groups in total. The fourth-order valence-electron chi connectivity index (χ4n) is 3.62. The number of H-pyrrole nitrogens is 1. The highest BCUT2D eigenvalue weighted by atomic mass is 15.4. The molecule has 2 saturated heterocycles. The maximum absolute atomic E-state index is 4.74. The van der Waals surface area contributed by atoms with Gasteiger partial charge in [-0.15, -0.1) is 5.10 Å². The van der Waals surface area contributed by atoms with Crippen molar-refractivity contribution in [3.63, 3.8) is 0 Å². The Morgan fingerprint density at radius 2 is 2.24 bits per heavy atom. The molecule has 2 aromatic rings. The molecular formula is C16H21N5. The first-order valence-corrected chi connectivity index (χ1v) is 7.78. The van der Waals surface area contributed by atoms with Gasteiger partial charge in [0.15, 0.2) is 5.82 Å². The zero-order valence-electron chi connectivity index (χ0n) is 12.3. The Labute approximate surface area is 124 Å². The average Bonchev–Trinajstić information content (AvgIpc) is 3.16. The Kier molecular flexibility index (Phi) is 3.15. The quantitative estimate of drug-likeness (QED) is 0.885. The molecule has 1 aromatic carbocycles. The first-order chi connectivity index (χ1) is 10.3. The highest BCUT2D eigenvalue weighted by molar-refractivity contribution is 5.57. The number of anilines is 1. The maximum Gasteiger partial charge on any atom is 0.245 e. The van der Waals surface area contributed by atoms with Gasteiger partial charge in [-0.1, -0.05) is 23.8 Å². The molecule has 2 atom stereocenters. The molecule has 5 heteroatoms. The summed E-state index contributed by atoms with van der Waals surface area (Å²) in [6, 6.07) is 8.93. The Balaban J connectivity index is 1.62. The molecule has 2 aliphatic rings. The van der Waals surface area contributed by atoms with E-state index >= 15 is 0 Å². The molecule has 0 radical (unpaired) electrons. The molecule has 3 heterocycles. The topological polar surface area (TPSA) is 56.8 Å². The van der Waals surface area contributed by atoms with Gasteiger partial charge >= 0.3 is 0 Å². The number of nitrogens with one attached hydrogen (secondary N) is 2. The van der Waals surface area contributed by atoms with Crippen molar-refractivity contribution in [2.45, 2.75) is 25.8 Å².